The van der Waals surface area contributed by atoms with Crippen LogP contribution in [0.4, 0.5) is 0 Å². The van der Waals surface area contributed by atoms with Crippen molar-refractivity contribution in [1.29, 1.82) is 0 Å². The third-order valence-electron chi connectivity index (χ3n) is 2.04. The Bertz CT molecular complexity index is 627. The van der Waals surface area contributed by atoms with Crippen LogP contribution in [-0.4, -0.2) is 4.92 Å². The molecule has 1 heterocycles. The fraction of sp³-hybridized carbons (Fsp3) is 0. The second-order valence-corrected chi connectivity index (χ2v) is 3.13. The number of nitro groups is 1. The van der Waals surface area contributed by atoms with Gasteiger partial charge in [-0.1, -0.05) is 18.2 Å². The summed E-state index contributed by atoms with van der Waals surface area (Å²) in [5.41, 5.74) is 0.0398. The molecule has 80 valence electrons. The van der Waals surface area contributed by atoms with E-state index in [0.29, 0.717) is 11.8 Å². The van der Waals surface area contributed by atoms with E-state index in [-0.39, 0.29) is 5.56 Å². The maximum absolute atomic E-state index is 11.4. The Morgan fingerprint density at radius 2 is 2.06 bits per heavy atom. The molecule has 0 saturated carbocycles. The highest BCUT2D eigenvalue weighted by atomic mass is 16.6. The van der Waals surface area contributed by atoms with Crippen molar-refractivity contribution in [2.24, 2.45) is 0 Å². The van der Waals surface area contributed by atoms with Crippen LogP contribution in [0.5, 0.6) is 0 Å². The Labute approximate surface area is 89.8 Å². The van der Waals surface area contributed by atoms with Crippen molar-refractivity contribution < 1.29 is 9.34 Å². The van der Waals surface area contributed by atoms with Crippen LogP contribution in [0.2, 0.25) is 0 Å². The third-order valence-corrected chi connectivity index (χ3v) is 2.04. The Morgan fingerprint density at radius 3 is 2.81 bits per heavy atom. The number of benzene rings is 1. The summed E-state index contributed by atoms with van der Waals surface area (Å²) >= 11 is 0. The summed E-state index contributed by atoms with van der Waals surface area (Å²) in [5.74, 6) is 0. The molecule has 0 aliphatic rings. The second-order valence-electron chi connectivity index (χ2n) is 3.13. The predicted octanol–water partition coefficient (Wildman–Crippen LogP) is 2.04. The van der Waals surface area contributed by atoms with Crippen LogP contribution in [0.1, 0.15) is 5.56 Å². The number of para-hydroxylation sites is 1. The van der Waals surface area contributed by atoms with Gasteiger partial charge in [-0.2, -0.15) is 0 Å². The Hall–Kier alpha value is -2.43. The molecule has 0 aliphatic carbocycles. The molecule has 16 heavy (non-hydrogen) atoms. The van der Waals surface area contributed by atoms with Gasteiger partial charge in [0.05, 0.1) is 10.5 Å². The van der Waals surface area contributed by atoms with E-state index in [1.54, 1.807) is 30.3 Å². The molecule has 0 bridgehead atoms. The molecule has 1 aromatic heterocycles. The minimum atomic E-state index is -0.630. The number of hydrogen-bond acceptors (Lipinski definition) is 4. The molecule has 2 rings (SSSR count). The second kappa shape index (κ2) is 3.98. The van der Waals surface area contributed by atoms with Gasteiger partial charge in [-0.3, -0.25) is 10.1 Å². The SMILES string of the molecule is O=c1oc2ccccc2cc1C=C[N+](=O)[O-]. The first kappa shape index (κ1) is 10.1. The maximum Gasteiger partial charge on any atom is 0.343 e. The molecule has 0 fully saturated rings. The summed E-state index contributed by atoms with van der Waals surface area (Å²) in [7, 11) is 0. The van der Waals surface area contributed by atoms with Gasteiger partial charge in [0.15, 0.2) is 0 Å². The Kier molecular flexibility index (Phi) is 2.51. The van der Waals surface area contributed by atoms with Gasteiger partial charge in [-0.25, -0.2) is 4.79 Å². The molecule has 0 unspecified atom stereocenters. The normalized spacial score (nSPS) is 11.0. The molecule has 5 heteroatoms. The minimum absolute atomic E-state index is 0.162. The van der Waals surface area contributed by atoms with Gasteiger partial charge >= 0.3 is 5.63 Å². The van der Waals surface area contributed by atoms with Gasteiger partial charge in [0, 0.05) is 11.5 Å². The predicted molar refractivity (Wildman–Crippen MR) is 58.5 cm³/mol. The highest BCUT2D eigenvalue weighted by Gasteiger charge is 2.02. The lowest BCUT2D eigenvalue weighted by molar-refractivity contribution is -0.400. The van der Waals surface area contributed by atoms with E-state index in [4.69, 9.17) is 4.42 Å². The Balaban J connectivity index is 2.59. The van der Waals surface area contributed by atoms with Gasteiger partial charge in [-0.15, -0.1) is 0 Å². The van der Waals surface area contributed by atoms with Crippen LogP contribution in [0, 0.1) is 10.1 Å². The van der Waals surface area contributed by atoms with Crippen molar-refractivity contribution in [2.45, 2.75) is 0 Å². The zero-order valence-corrected chi connectivity index (χ0v) is 8.12. The van der Waals surface area contributed by atoms with Crippen molar-refractivity contribution in [2.75, 3.05) is 0 Å². The first-order valence-electron chi connectivity index (χ1n) is 4.51. The van der Waals surface area contributed by atoms with Crippen LogP contribution in [0.15, 0.2) is 45.7 Å². The molecule has 0 N–H and O–H groups in total. The summed E-state index contributed by atoms with van der Waals surface area (Å²) in [6.45, 7) is 0. The van der Waals surface area contributed by atoms with Crippen LogP contribution in [0.3, 0.4) is 0 Å². The van der Waals surface area contributed by atoms with E-state index in [9.17, 15) is 14.9 Å². The fourth-order valence-electron chi connectivity index (χ4n) is 1.34. The standard InChI is InChI=1S/C11H7NO4/c13-11-9(5-6-12(14)15)7-8-3-1-2-4-10(8)16-11/h1-7H. The highest BCUT2D eigenvalue weighted by molar-refractivity contribution is 5.78. The smallest absolute Gasteiger partial charge is 0.343 e. The summed E-state index contributed by atoms with van der Waals surface area (Å²) in [6, 6.07) is 8.53. The van der Waals surface area contributed by atoms with Crippen molar-refractivity contribution in [1.82, 2.24) is 0 Å². The average molecular weight is 217 g/mol. The van der Waals surface area contributed by atoms with E-state index >= 15 is 0 Å². The molecule has 0 saturated heterocycles. The van der Waals surface area contributed by atoms with Crippen molar-refractivity contribution in [3.05, 3.63) is 62.6 Å². The molecule has 0 amide bonds. The number of hydrogen-bond donors (Lipinski definition) is 0. The maximum atomic E-state index is 11.4. The summed E-state index contributed by atoms with van der Waals surface area (Å²) in [6.07, 6.45) is 1.83. The molecule has 5 nitrogen and oxygen atoms in total. The lowest BCUT2D eigenvalue weighted by Crippen LogP contribution is -2.02. The third kappa shape index (κ3) is 1.98. The number of rotatable bonds is 2. The van der Waals surface area contributed by atoms with Gasteiger partial charge in [0.2, 0.25) is 6.20 Å². The molecule has 0 spiro atoms. The van der Waals surface area contributed by atoms with Gasteiger partial charge in [0.1, 0.15) is 5.58 Å². The zero-order valence-electron chi connectivity index (χ0n) is 8.12. The lowest BCUT2D eigenvalue weighted by atomic mass is 10.2. The van der Waals surface area contributed by atoms with Crippen LogP contribution < -0.4 is 5.63 Å². The zero-order chi connectivity index (χ0) is 11.5. The first-order valence-corrected chi connectivity index (χ1v) is 4.51. The van der Waals surface area contributed by atoms with E-state index < -0.39 is 10.5 Å². The Morgan fingerprint density at radius 1 is 1.31 bits per heavy atom. The largest absolute Gasteiger partial charge is 0.422 e. The molecule has 0 aliphatic heterocycles. The van der Waals surface area contributed by atoms with E-state index in [0.717, 1.165) is 11.5 Å². The van der Waals surface area contributed by atoms with Gasteiger partial charge < -0.3 is 4.42 Å². The quantitative estimate of drug-likeness (QED) is 0.438. The number of fused-ring (bicyclic) bond motifs is 1. The van der Waals surface area contributed by atoms with Crippen LogP contribution in [0.25, 0.3) is 17.0 Å². The molecule has 2 aromatic rings. The van der Waals surface area contributed by atoms with Crippen LogP contribution in [-0.2, 0) is 0 Å². The lowest BCUT2D eigenvalue weighted by Gasteiger charge is -1.96. The first-order chi connectivity index (χ1) is 7.66. The molecular formula is C11H7NO4. The van der Waals surface area contributed by atoms with Crippen molar-refractivity contribution >= 4 is 17.0 Å². The molecule has 0 atom stereocenters. The van der Waals surface area contributed by atoms with Gasteiger partial charge in [0.25, 0.3) is 0 Å². The van der Waals surface area contributed by atoms with Crippen LogP contribution >= 0.6 is 0 Å². The molecule has 0 radical (unpaired) electrons. The molecule has 1 aromatic carbocycles. The van der Waals surface area contributed by atoms with E-state index in [1.807, 2.05) is 0 Å². The fourth-order valence-corrected chi connectivity index (χ4v) is 1.34. The average Bonchev–Trinajstić information content (AvgIpc) is 2.26. The monoisotopic (exact) mass is 217 g/mol. The van der Waals surface area contributed by atoms with Gasteiger partial charge in [-0.05, 0) is 12.1 Å². The topological polar surface area (TPSA) is 73.3 Å². The summed E-state index contributed by atoms with van der Waals surface area (Å²) in [5, 5.41) is 10.9. The minimum Gasteiger partial charge on any atom is -0.422 e. The van der Waals surface area contributed by atoms with E-state index in [1.165, 1.54) is 0 Å². The summed E-state index contributed by atoms with van der Waals surface area (Å²) in [4.78, 5) is 20.9. The van der Waals surface area contributed by atoms with Crippen molar-refractivity contribution in [3.63, 3.8) is 0 Å². The molecular weight excluding hydrogens is 210 g/mol. The van der Waals surface area contributed by atoms with E-state index in [2.05, 4.69) is 0 Å². The highest BCUT2D eigenvalue weighted by Crippen LogP contribution is 2.13. The van der Waals surface area contributed by atoms with Crippen molar-refractivity contribution in [3.8, 4) is 0 Å². The summed E-state index contributed by atoms with van der Waals surface area (Å²) < 4.78 is 5.00. The number of nitrogens with zero attached hydrogens (tertiary/aromatic N) is 1.